The number of aryl methyl sites for hydroxylation is 1. The Hall–Kier alpha value is -1.55. The molecule has 4 nitrogen and oxygen atoms in total. The molecule has 0 aromatic heterocycles. The predicted octanol–water partition coefficient (Wildman–Crippen LogP) is 1.31. The van der Waals surface area contributed by atoms with E-state index in [1.165, 1.54) is 0 Å². The van der Waals surface area contributed by atoms with Crippen LogP contribution in [0.3, 0.4) is 0 Å². The van der Waals surface area contributed by atoms with E-state index in [1.54, 1.807) is 7.11 Å². The second-order valence-electron chi connectivity index (χ2n) is 4.50. The molecule has 0 spiro atoms. The maximum absolute atomic E-state index is 11.6. The van der Waals surface area contributed by atoms with Gasteiger partial charge < -0.3 is 15.0 Å². The van der Waals surface area contributed by atoms with Crippen LogP contribution in [0.4, 0.5) is 0 Å². The normalized spacial score (nSPS) is 10.4. The van der Waals surface area contributed by atoms with Crippen LogP contribution in [0.25, 0.3) is 0 Å². The van der Waals surface area contributed by atoms with Gasteiger partial charge in [0.15, 0.2) is 0 Å². The molecule has 0 aliphatic rings. The van der Waals surface area contributed by atoms with Crippen molar-refractivity contribution in [3.8, 4) is 5.75 Å². The number of rotatable bonds is 7. The summed E-state index contributed by atoms with van der Waals surface area (Å²) in [5.41, 5.74) is 1.15. The summed E-state index contributed by atoms with van der Waals surface area (Å²) in [5.74, 6) is 0.946. The number of nitrogens with zero attached hydrogens (tertiary/aromatic N) is 1. The number of benzene rings is 1. The van der Waals surface area contributed by atoms with E-state index in [9.17, 15) is 4.79 Å². The lowest BCUT2D eigenvalue weighted by Gasteiger charge is -2.10. The van der Waals surface area contributed by atoms with Crippen molar-refractivity contribution in [3.05, 3.63) is 29.8 Å². The summed E-state index contributed by atoms with van der Waals surface area (Å²) in [6.07, 6.45) is 1.29. The maximum Gasteiger partial charge on any atom is 0.220 e. The third-order valence-corrected chi connectivity index (χ3v) is 2.68. The van der Waals surface area contributed by atoms with Crippen LogP contribution in [0, 0.1) is 0 Å². The van der Waals surface area contributed by atoms with Gasteiger partial charge in [-0.15, -0.1) is 0 Å². The largest absolute Gasteiger partial charge is 0.497 e. The molecule has 0 atom stereocenters. The standard InChI is InChI=1S/C14H22N2O2/c1-16(2)11-10-15-14(17)9-6-12-4-7-13(18-3)8-5-12/h4-5,7-8H,6,9-11H2,1-3H3,(H,15,17). The molecular weight excluding hydrogens is 228 g/mol. The number of carbonyl (C=O) groups is 1. The number of hydrogen-bond acceptors (Lipinski definition) is 3. The van der Waals surface area contributed by atoms with Gasteiger partial charge in [0, 0.05) is 19.5 Å². The van der Waals surface area contributed by atoms with Gasteiger partial charge >= 0.3 is 0 Å². The highest BCUT2D eigenvalue weighted by molar-refractivity contribution is 5.76. The summed E-state index contributed by atoms with van der Waals surface area (Å²) in [6.45, 7) is 1.57. The van der Waals surface area contributed by atoms with Gasteiger partial charge in [0.1, 0.15) is 5.75 Å². The fourth-order valence-corrected chi connectivity index (χ4v) is 1.56. The van der Waals surface area contributed by atoms with Crippen LogP contribution in [0.2, 0.25) is 0 Å². The van der Waals surface area contributed by atoms with E-state index in [-0.39, 0.29) is 5.91 Å². The molecule has 100 valence electrons. The zero-order valence-corrected chi connectivity index (χ0v) is 11.4. The van der Waals surface area contributed by atoms with E-state index in [1.807, 2.05) is 43.3 Å². The van der Waals surface area contributed by atoms with E-state index in [0.717, 1.165) is 24.3 Å². The number of ether oxygens (including phenoxy) is 1. The molecule has 0 radical (unpaired) electrons. The summed E-state index contributed by atoms with van der Waals surface area (Å²) in [7, 11) is 5.63. The third-order valence-electron chi connectivity index (χ3n) is 2.68. The highest BCUT2D eigenvalue weighted by Gasteiger charge is 2.02. The SMILES string of the molecule is COc1ccc(CCC(=O)NCCN(C)C)cc1. The number of nitrogens with one attached hydrogen (secondary N) is 1. The molecule has 0 saturated heterocycles. The molecule has 0 saturated carbocycles. The Morgan fingerprint density at radius 2 is 1.94 bits per heavy atom. The van der Waals surface area contributed by atoms with Crippen molar-refractivity contribution >= 4 is 5.91 Å². The lowest BCUT2D eigenvalue weighted by Crippen LogP contribution is -2.31. The molecule has 18 heavy (non-hydrogen) atoms. The molecule has 1 aromatic rings. The van der Waals surface area contributed by atoms with Crippen molar-refractivity contribution in [1.29, 1.82) is 0 Å². The predicted molar refractivity (Wildman–Crippen MR) is 72.9 cm³/mol. The molecule has 0 fully saturated rings. The third kappa shape index (κ3) is 5.68. The first kappa shape index (κ1) is 14.5. The quantitative estimate of drug-likeness (QED) is 0.793. The zero-order valence-electron chi connectivity index (χ0n) is 11.4. The molecule has 1 amide bonds. The summed E-state index contributed by atoms with van der Waals surface area (Å²) >= 11 is 0. The van der Waals surface area contributed by atoms with Crippen molar-refractivity contribution in [3.63, 3.8) is 0 Å². The average Bonchev–Trinajstić information content (AvgIpc) is 2.36. The van der Waals surface area contributed by atoms with Gasteiger partial charge in [0.25, 0.3) is 0 Å². The highest BCUT2D eigenvalue weighted by Crippen LogP contribution is 2.12. The van der Waals surface area contributed by atoms with Crippen LogP contribution in [0.5, 0.6) is 5.75 Å². The molecule has 0 aliphatic carbocycles. The van der Waals surface area contributed by atoms with E-state index < -0.39 is 0 Å². The maximum atomic E-state index is 11.6. The van der Waals surface area contributed by atoms with Gasteiger partial charge in [0.05, 0.1) is 7.11 Å². The Morgan fingerprint density at radius 1 is 1.28 bits per heavy atom. The topological polar surface area (TPSA) is 41.6 Å². The molecule has 0 unspecified atom stereocenters. The second kappa shape index (κ2) is 7.71. The van der Waals surface area contributed by atoms with Crippen LogP contribution in [0.1, 0.15) is 12.0 Å². The van der Waals surface area contributed by atoms with Crippen molar-refractivity contribution < 1.29 is 9.53 Å². The van der Waals surface area contributed by atoms with E-state index in [2.05, 4.69) is 5.32 Å². The number of carbonyl (C=O) groups excluding carboxylic acids is 1. The van der Waals surface area contributed by atoms with Crippen molar-refractivity contribution in [2.75, 3.05) is 34.3 Å². The Bertz CT molecular complexity index is 361. The smallest absolute Gasteiger partial charge is 0.220 e. The minimum absolute atomic E-state index is 0.104. The average molecular weight is 250 g/mol. The van der Waals surface area contributed by atoms with Crippen LogP contribution >= 0.6 is 0 Å². The van der Waals surface area contributed by atoms with Gasteiger partial charge in [-0.05, 0) is 38.2 Å². The fraction of sp³-hybridized carbons (Fsp3) is 0.500. The first-order valence-electron chi connectivity index (χ1n) is 6.16. The lowest BCUT2D eigenvalue weighted by atomic mass is 10.1. The van der Waals surface area contributed by atoms with Gasteiger partial charge in [-0.25, -0.2) is 0 Å². The van der Waals surface area contributed by atoms with E-state index in [4.69, 9.17) is 4.74 Å². The van der Waals surface area contributed by atoms with Gasteiger partial charge in [-0.3, -0.25) is 4.79 Å². The Balaban J connectivity index is 2.24. The fourth-order valence-electron chi connectivity index (χ4n) is 1.56. The Kier molecular flexibility index (Phi) is 6.22. The molecule has 1 N–H and O–H groups in total. The first-order valence-corrected chi connectivity index (χ1v) is 6.16. The molecule has 0 heterocycles. The molecule has 4 heteroatoms. The lowest BCUT2D eigenvalue weighted by molar-refractivity contribution is -0.121. The summed E-state index contributed by atoms with van der Waals surface area (Å²) in [6, 6.07) is 7.82. The van der Waals surface area contributed by atoms with Gasteiger partial charge in [0.2, 0.25) is 5.91 Å². The van der Waals surface area contributed by atoms with E-state index in [0.29, 0.717) is 13.0 Å². The van der Waals surface area contributed by atoms with Crippen LogP contribution in [-0.2, 0) is 11.2 Å². The molecule has 0 aliphatic heterocycles. The molecule has 1 rings (SSSR count). The summed E-state index contributed by atoms with van der Waals surface area (Å²) in [5, 5.41) is 2.90. The zero-order chi connectivity index (χ0) is 13.4. The summed E-state index contributed by atoms with van der Waals surface area (Å²) in [4.78, 5) is 13.6. The molecular formula is C14H22N2O2. The molecule has 1 aromatic carbocycles. The van der Waals surface area contributed by atoms with Crippen molar-refractivity contribution in [2.45, 2.75) is 12.8 Å². The minimum atomic E-state index is 0.104. The highest BCUT2D eigenvalue weighted by atomic mass is 16.5. The van der Waals surface area contributed by atoms with Crippen LogP contribution in [-0.4, -0.2) is 45.1 Å². The monoisotopic (exact) mass is 250 g/mol. The first-order chi connectivity index (χ1) is 8.61. The Morgan fingerprint density at radius 3 is 2.50 bits per heavy atom. The van der Waals surface area contributed by atoms with Gasteiger partial charge in [-0.1, -0.05) is 12.1 Å². The van der Waals surface area contributed by atoms with Crippen LogP contribution in [0.15, 0.2) is 24.3 Å². The number of methoxy groups -OCH3 is 1. The number of likely N-dealkylation sites (N-methyl/N-ethyl adjacent to an activating group) is 1. The van der Waals surface area contributed by atoms with Gasteiger partial charge in [-0.2, -0.15) is 0 Å². The van der Waals surface area contributed by atoms with Crippen molar-refractivity contribution in [2.24, 2.45) is 0 Å². The van der Waals surface area contributed by atoms with E-state index >= 15 is 0 Å². The number of amides is 1. The summed E-state index contributed by atoms with van der Waals surface area (Å²) < 4.78 is 5.09. The minimum Gasteiger partial charge on any atom is -0.497 e. The second-order valence-corrected chi connectivity index (χ2v) is 4.50. The van der Waals surface area contributed by atoms with Crippen molar-refractivity contribution in [1.82, 2.24) is 10.2 Å². The molecule has 0 bridgehead atoms. The Labute approximate surface area is 109 Å². The number of hydrogen-bond donors (Lipinski definition) is 1. The van der Waals surface area contributed by atoms with Crippen LogP contribution < -0.4 is 10.1 Å².